The van der Waals surface area contributed by atoms with Crippen molar-refractivity contribution in [2.45, 2.75) is 63.2 Å². The molecule has 0 fully saturated rings. The maximum Gasteiger partial charge on any atom is 0.175 e. The first kappa shape index (κ1) is 18.0. The minimum absolute atomic E-state index is 0.378. The van der Waals surface area contributed by atoms with E-state index in [9.17, 15) is 8.42 Å². The number of rotatable bonds is 11. The van der Waals surface area contributed by atoms with Crippen LogP contribution >= 0.6 is 0 Å². The van der Waals surface area contributed by atoms with E-state index >= 15 is 0 Å². The zero-order chi connectivity index (χ0) is 15.6. The van der Waals surface area contributed by atoms with Gasteiger partial charge in [-0.3, -0.25) is 0 Å². The summed E-state index contributed by atoms with van der Waals surface area (Å²) in [5.74, 6) is 0. The molecule has 1 aromatic rings. The second kappa shape index (κ2) is 9.82. The van der Waals surface area contributed by atoms with Crippen molar-refractivity contribution < 1.29 is 8.42 Å². The van der Waals surface area contributed by atoms with Crippen molar-refractivity contribution in [1.29, 1.82) is 0 Å². The van der Waals surface area contributed by atoms with Crippen LogP contribution in [0.4, 0.5) is 5.69 Å². The fraction of sp³-hybridized carbons (Fsp3) is 0.647. The Morgan fingerprint density at radius 1 is 0.952 bits per heavy atom. The Hall–Kier alpha value is -1.03. The Kier molecular flexibility index (Phi) is 8.43. The molecule has 120 valence electrons. The van der Waals surface area contributed by atoms with E-state index in [4.69, 9.17) is 0 Å². The predicted molar refractivity (Wildman–Crippen MR) is 90.7 cm³/mol. The van der Waals surface area contributed by atoms with Gasteiger partial charge in [0.2, 0.25) is 0 Å². The molecule has 1 rings (SSSR count). The van der Waals surface area contributed by atoms with E-state index in [1.165, 1.54) is 51.2 Å². The summed E-state index contributed by atoms with van der Waals surface area (Å²) in [6.45, 7) is 3.15. The molecule has 4 heteroatoms. The van der Waals surface area contributed by atoms with E-state index in [1.807, 2.05) is 6.07 Å². The van der Waals surface area contributed by atoms with Gasteiger partial charge in [-0.1, -0.05) is 57.9 Å². The second-order valence-electron chi connectivity index (χ2n) is 5.70. The summed E-state index contributed by atoms with van der Waals surface area (Å²) >= 11 is 0. The summed E-state index contributed by atoms with van der Waals surface area (Å²) in [5, 5.41) is 3.30. The highest BCUT2D eigenvalue weighted by atomic mass is 32.2. The number of unbranched alkanes of at least 4 members (excludes halogenated alkanes) is 7. The lowest BCUT2D eigenvalue weighted by Crippen LogP contribution is -2.03. The molecule has 0 radical (unpaired) electrons. The van der Waals surface area contributed by atoms with E-state index in [1.54, 1.807) is 18.2 Å². The number of nitrogens with one attached hydrogen (secondary N) is 1. The van der Waals surface area contributed by atoms with E-state index in [0.29, 0.717) is 4.90 Å². The monoisotopic (exact) mass is 311 g/mol. The van der Waals surface area contributed by atoms with Crippen molar-refractivity contribution in [3.05, 3.63) is 24.3 Å². The largest absolute Gasteiger partial charge is 0.385 e. The molecule has 21 heavy (non-hydrogen) atoms. The van der Waals surface area contributed by atoms with Gasteiger partial charge in [0.25, 0.3) is 0 Å². The Bertz CT molecular complexity index is 497. The summed E-state index contributed by atoms with van der Waals surface area (Å²) in [6, 6.07) is 7.04. The summed E-state index contributed by atoms with van der Waals surface area (Å²) < 4.78 is 23.0. The van der Waals surface area contributed by atoms with Gasteiger partial charge in [-0.15, -0.1) is 0 Å². The van der Waals surface area contributed by atoms with Crippen LogP contribution in [0.2, 0.25) is 0 Å². The van der Waals surface area contributed by atoms with Crippen molar-refractivity contribution in [2.24, 2.45) is 0 Å². The van der Waals surface area contributed by atoms with Gasteiger partial charge in [-0.05, 0) is 24.6 Å². The normalized spacial score (nSPS) is 11.5. The predicted octanol–water partition coefficient (Wildman–Crippen LogP) is 4.64. The lowest BCUT2D eigenvalue weighted by molar-refractivity contribution is 0.581. The maximum absolute atomic E-state index is 11.5. The van der Waals surface area contributed by atoms with Crippen LogP contribution in [0.15, 0.2) is 29.2 Å². The van der Waals surface area contributed by atoms with Crippen LogP contribution in [-0.2, 0) is 9.84 Å². The minimum atomic E-state index is -3.12. The summed E-state index contributed by atoms with van der Waals surface area (Å²) in [7, 11) is -3.12. The molecule has 0 heterocycles. The SMILES string of the molecule is CCCCCCCCCCNc1cccc(S(C)(=O)=O)c1. The van der Waals surface area contributed by atoms with Gasteiger partial charge in [0.15, 0.2) is 9.84 Å². The molecule has 0 amide bonds. The Labute approximate surface area is 130 Å². The van der Waals surface area contributed by atoms with Crippen LogP contribution in [0.1, 0.15) is 58.3 Å². The van der Waals surface area contributed by atoms with Gasteiger partial charge in [-0.2, -0.15) is 0 Å². The molecule has 3 nitrogen and oxygen atoms in total. The summed E-state index contributed by atoms with van der Waals surface area (Å²) in [6.07, 6.45) is 11.6. The third-order valence-electron chi connectivity index (χ3n) is 3.62. The van der Waals surface area contributed by atoms with Crippen molar-refractivity contribution >= 4 is 15.5 Å². The molecule has 0 unspecified atom stereocenters. The number of benzene rings is 1. The molecule has 0 aliphatic rings. The second-order valence-corrected chi connectivity index (χ2v) is 7.72. The van der Waals surface area contributed by atoms with Gasteiger partial charge in [0.1, 0.15) is 0 Å². The zero-order valence-corrected chi connectivity index (χ0v) is 14.2. The van der Waals surface area contributed by atoms with Crippen molar-refractivity contribution in [3.8, 4) is 0 Å². The quantitative estimate of drug-likeness (QED) is 0.605. The third-order valence-corrected chi connectivity index (χ3v) is 4.73. The topological polar surface area (TPSA) is 46.2 Å². The minimum Gasteiger partial charge on any atom is -0.385 e. The van der Waals surface area contributed by atoms with Crippen LogP contribution < -0.4 is 5.32 Å². The zero-order valence-electron chi connectivity index (χ0n) is 13.4. The molecule has 0 saturated heterocycles. The first-order chi connectivity index (χ1) is 10.0. The van der Waals surface area contributed by atoms with Crippen molar-refractivity contribution in [1.82, 2.24) is 0 Å². The van der Waals surface area contributed by atoms with Gasteiger partial charge >= 0.3 is 0 Å². The molecule has 0 spiro atoms. The lowest BCUT2D eigenvalue weighted by atomic mass is 10.1. The standard InChI is InChI=1S/C17H29NO2S/c1-3-4-5-6-7-8-9-10-14-18-16-12-11-13-17(15-16)21(2,19)20/h11-13,15,18H,3-10,14H2,1-2H3. The molecule has 0 aliphatic heterocycles. The van der Waals surface area contributed by atoms with E-state index < -0.39 is 9.84 Å². The van der Waals surface area contributed by atoms with Gasteiger partial charge in [0.05, 0.1) is 4.90 Å². The van der Waals surface area contributed by atoms with Crippen LogP contribution in [-0.4, -0.2) is 21.2 Å². The maximum atomic E-state index is 11.5. The van der Waals surface area contributed by atoms with Crippen molar-refractivity contribution in [3.63, 3.8) is 0 Å². The summed E-state index contributed by atoms with van der Waals surface area (Å²) in [5.41, 5.74) is 0.890. The number of anilines is 1. The first-order valence-electron chi connectivity index (χ1n) is 8.08. The Balaban J connectivity index is 2.16. The molecular weight excluding hydrogens is 282 g/mol. The first-order valence-corrected chi connectivity index (χ1v) is 9.97. The van der Waals surface area contributed by atoms with Crippen LogP contribution in [0.5, 0.6) is 0 Å². The smallest absolute Gasteiger partial charge is 0.175 e. The number of hydrogen-bond acceptors (Lipinski definition) is 3. The Morgan fingerprint density at radius 2 is 1.57 bits per heavy atom. The highest BCUT2D eigenvalue weighted by Crippen LogP contribution is 2.15. The van der Waals surface area contributed by atoms with Crippen molar-refractivity contribution in [2.75, 3.05) is 18.1 Å². The molecule has 1 N–H and O–H groups in total. The molecule has 0 saturated carbocycles. The van der Waals surface area contributed by atoms with Crippen LogP contribution in [0, 0.1) is 0 Å². The van der Waals surface area contributed by atoms with E-state index in [0.717, 1.165) is 18.7 Å². The molecule has 0 aliphatic carbocycles. The fourth-order valence-electron chi connectivity index (χ4n) is 2.33. The molecule has 1 aromatic carbocycles. The molecular formula is C17H29NO2S. The number of hydrogen-bond donors (Lipinski definition) is 1. The number of sulfone groups is 1. The lowest BCUT2D eigenvalue weighted by Gasteiger charge is -2.08. The summed E-state index contributed by atoms with van der Waals surface area (Å²) in [4.78, 5) is 0.378. The van der Waals surface area contributed by atoms with Crippen LogP contribution in [0.3, 0.4) is 0 Å². The van der Waals surface area contributed by atoms with E-state index in [-0.39, 0.29) is 0 Å². The van der Waals surface area contributed by atoms with Crippen LogP contribution in [0.25, 0.3) is 0 Å². The fourth-order valence-corrected chi connectivity index (χ4v) is 3.00. The van der Waals surface area contributed by atoms with Gasteiger partial charge in [0, 0.05) is 18.5 Å². The molecule has 0 bridgehead atoms. The average Bonchev–Trinajstić information content (AvgIpc) is 2.45. The van der Waals surface area contributed by atoms with Gasteiger partial charge in [-0.25, -0.2) is 8.42 Å². The Morgan fingerprint density at radius 3 is 2.19 bits per heavy atom. The highest BCUT2D eigenvalue weighted by Gasteiger charge is 2.06. The average molecular weight is 311 g/mol. The van der Waals surface area contributed by atoms with E-state index in [2.05, 4.69) is 12.2 Å². The third kappa shape index (κ3) is 8.10. The molecule has 0 atom stereocenters. The van der Waals surface area contributed by atoms with Gasteiger partial charge < -0.3 is 5.32 Å². The highest BCUT2D eigenvalue weighted by molar-refractivity contribution is 7.90. The molecule has 0 aromatic heterocycles.